The Bertz CT molecular complexity index is 998. The van der Waals surface area contributed by atoms with Crippen LogP contribution in [-0.4, -0.2) is 68.0 Å². The maximum atomic E-state index is 12.9. The van der Waals surface area contributed by atoms with Gasteiger partial charge in [0.25, 0.3) is 5.91 Å². The van der Waals surface area contributed by atoms with Gasteiger partial charge in [0.15, 0.2) is 0 Å². The second kappa shape index (κ2) is 7.41. The zero-order chi connectivity index (χ0) is 19.0. The number of carbonyl (C=O) groups excluding carboxylic acids is 2. The number of carbonyl (C=O) groups is 2. The van der Waals surface area contributed by atoms with Crippen molar-refractivity contribution in [1.82, 2.24) is 30.0 Å². The van der Waals surface area contributed by atoms with Gasteiger partial charge in [-0.2, -0.15) is 0 Å². The highest BCUT2D eigenvalue weighted by Crippen LogP contribution is 2.37. The number of aromatic nitrogens is 4. The van der Waals surface area contributed by atoms with E-state index in [0.29, 0.717) is 41.1 Å². The van der Waals surface area contributed by atoms with E-state index in [1.54, 1.807) is 21.9 Å². The molecule has 0 radical (unpaired) electrons. The lowest BCUT2D eigenvalue weighted by atomic mass is 10.2. The molecule has 3 aromatic rings. The zero-order valence-electron chi connectivity index (χ0n) is 14.0. The molecule has 140 valence electrons. The molecule has 4 rings (SSSR count). The van der Waals surface area contributed by atoms with Crippen LogP contribution < -0.4 is 0 Å². The number of hydrogen-bond acceptors (Lipinski definition) is 6. The van der Waals surface area contributed by atoms with E-state index < -0.39 is 0 Å². The van der Waals surface area contributed by atoms with Crippen molar-refractivity contribution in [2.24, 2.45) is 0 Å². The summed E-state index contributed by atoms with van der Waals surface area (Å²) < 4.78 is 2.26. The second-order valence-corrected chi connectivity index (χ2v) is 7.93. The molecule has 0 atom stereocenters. The van der Waals surface area contributed by atoms with Crippen LogP contribution in [0.25, 0.3) is 10.1 Å². The topological polar surface area (TPSA) is 84.2 Å². The summed E-state index contributed by atoms with van der Waals surface area (Å²) in [6.07, 6.45) is 1.40. The molecule has 1 fully saturated rings. The summed E-state index contributed by atoms with van der Waals surface area (Å²) in [5, 5.41) is 12.6. The lowest BCUT2D eigenvalue weighted by Gasteiger charge is -2.34. The minimum absolute atomic E-state index is 0.0797. The number of benzene rings is 1. The van der Waals surface area contributed by atoms with Crippen LogP contribution in [0, 0.1) is 0 Å². The number of fused-ring (bicyclic) bond motifs is 1. The number of thiophene rings is 1. The van der Waals surface area contributed by atoms with Gasteiger partial charge in [-0.25, -0.2) is 4.68 Å². The lowest BCUT2D eigenvalue weighted by molar-refractivity contribution is -0.133. The molecule has 0 N–H and O–H groups in total. The van der Waals surface area contributed by atoms with Crippen molar-refractivity contribution >= 4 is 56.4 Å². The van der Waals surface area contributed by atoms with Crippen LogP contribution in [0.15, 0.2) is 24.5 Å². The van der Waals surface area contributed by atoms with E-state index in [4.69, 9.17) is 23.2 Å². The lowest BCUT2D eigenvalue weighted by Crippen LogP contribution is -2.51. The van der Waals surface area contributed by atoms with Gasteiger partial charge in [-0.1, -0.05) is 29.3 Å². The molecule has 11 heteroatoms. The van der Waals surface area contributed by atoms with Crippen LogP contribution in [-0.2, 0) is 11.3 Å². The summed E-state index contributed by atoms with van der Waals surface area (Å²) in [5.74, 6) is -0.200. The molecule has 2 aromatic heterocycles. The Balaban J connectivity index is 1.43. The molecule has 2 amide bonds. The predicted molar refractivity (Wildman–Crippen MR) is 102 cm³/mol. The zero-order valence-corrected chi connectivity index (χ0v) is 16.3. The standard InChI is InChI=1S/C16H14Cl2N6O2S/c17-10-1-2-11-12(7-10)27-15(14(11)18)16(26)23-5-3-22(4-6-23)13(25)8-24-9-19-20-21-24/h1-2,7,9H,3-6,8H2. The molecule has 0 unspecified atom stereocenters. The fourth-order valence-corrected chi connectivity index (χ4v) is 4.73. The van der Waals surface area contributed by atoms with Crippen LogP contribution in [0.5, 0.6) is 0 Å². The van der Waals surface area contributed by atoms with Gasteiger partial charge in [-0.05, 0) is 22.6 Å². The summed E-state index contributed by atoms with van der Waals surface area (Å²) in [4.78, 5) is 29.1. The molecule has 8 nitrogen and oxygen atoms in total. The largest absolute Gasteiger partial charge is 0.338 e. The number of piperazine rings is 1. The van der Waals surface area contributed by atoms with E-state index in [-0.39, 0.29) is 18.4 Å². The fourth-order valence-electron chi connectivity index (χ4n) is 2.97. The number of rotatable bonds is 3. The Hall–Kier alpha value is -2.23. The van der Waals surface area contributed by atoms with E-state index in [9.17, 15) is 9.59 Å². The number of amides is 2. The SMILES string of the molecule is O=C(Cn1cnnn1)N1CCN(C(=O)c2sc3cc(Cl)ccc3c2Cl)CC1. The summed E-state index contributed by atoms with van der Waals surface area (Å²) in [7, 11) is 0. The van der Waals surface area contributed by atoms with Gasteiger partial charge in [-0.3, -0.25) is 9.59 Å². The Morgan fingerprint density at radius 1 is 1.11 bits per heavy atom. The van der Waals surface area contributed by atoms with Gasteiger partial charge in [0.05, 0.1) is 5.02 Å². The van der Waals surface area contributed by atoms with Crippen molar-refractivity contribution in [3.8, 4) is 0 Å². The third kappa shape index (κ3) is 3.62. The van der Waals surface area contributed by atoms with E-state index >= 15 is 0 Å². The van der Waals surface area contributed by atoms with Gasteiger partial charge in [0.1, 0.15) is 17.7 Å². The summed E-state index contributed by atoms with van der Waals surface area (Å²) in [5.41, 5.74) is 0. The van der Waals surface area contributed by atoms with Crippen LogP contribution in [0.2, 0.25) is 10.0 Å². The van der Waals surface area contributed by atoms with Crippen LogP contribution in [0.1, 0.15) is 9.67 Å². The highest BCUT2D eigenvalue weighted by atomic mass is 35.5. The summed E-state index contributed by atoms with van der Waals surface area (Å²) in [6.45, 7) is 1.91. The molecule has 3 heterocycles. The number of halogens is 2. The van der Waals surface area contributed by atoms with Gasteiger partial charge < -0.3 is 9.80 Å². The van der Waals surface area contributed by atoms with E-state index in [2.05, 4.69) is 15.5 Å². The number of hydrogen-bond donors (Lipinski definition) is 0. The number of nitrogens with zero attached hydrogens (tertiary/aromatic N) is 6. The van der Waals surface area contributed by atoms with Crippen molar-refractivity contribution in [2.75, 3.05) is 26.2 Å². The number of tetrazole rings is 1. The van der Waals surface area contributed by atoms with Crippen molar-refractivity contribution in [1.29, 1.82) is 0 Å². The maximum Gasteiger partial charge on any atom is 0.265 e. The molecule has 0 bridgehead atoms. The fraction of sp³-hybridized carbons (Fsp3) is 0.312. The van der Waals surface area contributed by atoms with Crippen molar-refractivity contribution < 1.29 is 9.59 Å². The normalized spacial score (nSPS) is 14.7. The van der Waals surface area contributed by atoms with Crippen LogP contribution in [0.4, 0.5) is 0 Å². The van der Waals surface area contributed by atoms with Gasteiger partial charge in [0.2, 0.25) is 5.91 Å². The van der Waals surface area contributed by atoms with Crippen molar-refractivity contribution in [3.05, 3.63) is 39.4 Å². The first kappa shape index (κ1) is 18.1. The highest BCUT2D eigenvalue weighted by molar-refractivity contribution is 7.21. The molecule has 0 saturated carbocycles. The molecule has 1 aliphatic heterocycles. The first-order valence-electron chi connectivity index (χ1n) is 8.18. The van der Waals surface area contributed by atoms with Gasteiger partial charge >= 0.3 is 0 Å². The van der Waals surface area contributed by atoms with Crippen molar-refractivity contribution in [3.63, 3.8) is 0 Å². The Morgan fingerprint density at radius 3 is 2.56 bits per heavy atom. The highest BCUT2D eigenvalue weighted by Gasteiger charge is 2.28. The average Bonchev–Trinajstić information content (AvgIpc) is 3.29. The summed E-state index contributed by atoms with van der Waals surface area (Å²) in [6, 6.07) is 5.38. The van der Waals surface area contributed by atoms with E-state index in [1.807, 2.05) is 6.07 Å². The molecule has 1 saturated heterocycles. The quantitative estimate of drug-likeness (QED) is 0.643. The first-order chi connectivity index (χ1) is 13.0. The molecule has 0 spiro atoms. The van der Waals surface area contributed by atoms with E-state index in [0.717, 1.165) is 10.1 Å². The molecular formula is C16H14Cl2N6O2S. The van der Waals surface area contributed by atoms with Gasteiger partial charge in [0, 0.05) is 41.3 Å². The second-order valence-electron chi connectivity index (χ2n) is 6.07. The average molecular weight is 425 g/mol. The van der Waals surface area contributed by atoms with Gasteiger partial charge in [-0.15, -0.1) is 16.4 Å². The Kier molecular flexibility index (Phi) is 4.98. The molecule has 27 heavy (non-hydrogen) atoms. The van der Waals surface area contributed by atoms with Crippen LogP contribution in [0.3, 0.4) is 0 Å². The van der Waals surface area contributed by atoms with Crippen molar-refractivity contribution in [2.45, 2.75) is 6.54 Å². The molecule has 0 aliphatic carbocycles. The minimum atomic E-state index is -0.120. The minimum Gasteiger partial charge on any atom is -0.338 e. The molecule has 1 aliphatic rings. The third-order valence-electron chi connectivity index (χ3n) is 4.39. The first-order valence-corrected chi connectivity index (χ1v) is 9.75. The molecular weight excluding hydrogens is 411 g/mol. The van der Waals surface area contributed by atoms with E-state index in [1.165, 1.54) is 22.3 Å². The van der Waals surface area contributed by atoms with Crippen LogP contribution >= 0.6 is 34.5 Å². The maximum absolute atomic E-state index is 12.9. The Labute approximate surface area is 168 Å². The third-order valence-corrected chi connectivity index (χ3v) is 6.27. The smallest absolute Gasteiger partial charge is 0.265 e. The monoisotopic (exact) mass is 424 g/mol. The predicted octanol–water partition coefficient (Wildman–Crippen LogP) is 2.18. The summed E-state index contributed by atoms with van der Waals surface area (Å²) >= 11 is 13.8. The Morgan fingerprint density at radius 2 is 1.85 bits per heavy atom. The molecule has 1 aromatic carbocycles.